The highest BCUT2D eigenvalue weighted by molar-refractivity contribution is 7.99. The van der Waals surface area contributed by atoms with E-state index < -0.39 is 0 Å². The maximum atomic E-state index is 9.07. The van der Waals surface area contributed by atoms with Crippen LogP contribution in [0, 0.1) is 13.8 Å². The molecule has 0 amide bonds. The third kappa shape index (κ3) is 3.08. The van der Waals surface area contributed by atoms with Crippen molar-refractivity contribution in [1.82, 2.24) is 0 Å². The van der Waals surface area contributed by atoms with Gasteiger partial charge in [0, 0.05) is 14.8 Å². The number of hydrogen-bond acceptors (Lipinski definition) is 2. The second-order valence-electron chi connectivity index (χ2n) is 4.26. The van der Waals surface area contributed by atoms with Crippen LogP contribution in [0.25, 0.3) is 0 Å². The van der Waals surface area contributed by atoms with E-state index in [1.54, 1.807) is 11.8 Å². The topological polar surface area (TPSA) is 20.2 Å². The van der Waals surface area contributed by atoms with Gasteiger partial charge in [-0.3, -0.25) is 0 Å². The Bertz CT molecular complexity index is 566. The fourth-order valence-corrected chi connectivity index (χ4v) is 2.90. The number of hydrogen-bond donors (Lipinski definition) is 1. The zero-order valence-corrected chi connectivity index (χ0v) is 12.0. The largest absolute Gasteiger partial charge is 0.392 e. The first-order valence-corrected chi connectivity index (χ1v) is 6.94. The van der Waals surface area contributed by atoms with Gasteiger partial charge < -0.3 is 5.11 Å². The number of halogens is 1. The Hall–Kier alpha value is -0.960. The van der Waals surface area contributed by atoms with Crippen LogP contribution in [0.1, 0.15) is 16.7 Å². The minimum absolute atomic E-state index is 0.0204. The first-order chi connectivity index (χ1) is 8.60. The predicted molar refractivity (Wildman–Crippen MR) is 77.4 cm³/mol. The molecule has 0 saturated carbocycles. The van der Waals surface area contributed by atoms with Crippen LogP contribution in [-0.2, 0) is 6.61 Å². The molecule has 2 rings (SSSR count). The van der Waals surface area contributed by atoms with Gasteiger partial charge in [-0.05, 0) is 54.8 Å². The Balaban J connectivity index is 2.23. The fraction of sp³-hybridized carbons (Fsp3) is 0.200. The Kier molecular flexibility index (Phi) is 4.33. The molecule has 0 radical (unpaired) electrons. The lowest BCUT2D eigenvalue weighted by Gasteiger charge is -2.07. The Morgan fingerprint density at radius 2 is 1.67 bits per heavy atom. The van der Waals surface area contributed by atoms with Crippen molar-refractivity contribution < 1.29 is 5.11 Å². The molecule has 0 heterocycles. The van der Waals surface area contributed by atoms with Gasteiger partial charge in [0.05, 0.1) is 6.61 Å². The number of benzene rings is 2. The first kappa shape index (κ1) is 13.5. The summed E-state index contributed by atoms with van der Waals surface area (Å²) < 4.78 is 0. The molecular weight excluding hydrogens is 264 g/mol. The number of rotatable bonds is 3. The van der Waals surface area contributed by atoms with Crippen LogP contribution in [0.15, 0.2) is 46.2 Å². The van der Waals surface area contributed by atoms with E-state index in [4.69, 9.17) is 16.7 Å². The lowest BCUT2D eigenvalue weighted by Crippen LogP contribution is -1.85. The van der Waals surface area contributed by atoms with Crippen molar-refractivity contribution in [2.75, 3.05) is 0 Å². The molecule has 2 aromatic rings. The SMILES string of the molecule is Cc1ccc(Sc2ccc(CO)c(Cl)c2)cc1C. The van der Waals surface area contributed by atoms with Crippen LogP contribution in [0.3, 0.4) is 0 Å². The van der Waals surface area contributed by atoms with Gasteiger partial charge in [0.15, 0.2) is 0 Å². The van der Waals surface area contributed by atoms with Gasteiger partial charge in [-0.15, -0.1) is 0 Å². The maximum Gasteiger partial charge on any atom is 0.0696 e. The molecule has 0 unspecified atom stereocenters. The lowest BCUT2D eigenvalue weighted by atomic mass is 10.1. The van der Waals surface area contributed by atoms with Gasteiger partial charge >= 0.3 is 0 Å². The van der Waals surface area contributed by atoms with E-state index in [-0.39, 0.29) is 6.61 Å². The fourth-order valence-electron chi connectivity index (χ4n) is 1.63. The van der Waals surface area contributed by atoms with Gasteiger partial charge in [0.2, 0.25) is 0 Å². The molecule has 0 aliphatic carbocycles. The third-order valence-electron chi connectivity index (χ3n) is 2.91. The van der Waals surface area contributed by atoms with Gasteiger partial charge in [-0.2, -0.15) is 0 Å². The summed E-state index contributed by atoms with van der Waals surface area (Å²) in [5.74, 6) is 0. The Morgan fingerprint density at radius 3 is 2.28 bits per heavy atom. The second-order valence-corrected chi connectivity index (χ2v) is 5.81. The van der Waals surface area contributed by atoms with E-state index in [0.717, 1.165) is 10.5 Å². The highest BCUT2D eigenvalue weighted by Gasteiger charge is 2.03. The van der Waals surface area contributed by atoms with Crippen molar-refractivity contribution in [1.29, 1.82) is 0 Å². The molecule has 0 aliphatic heterocycles. The van der Waals surface area contributed by atoms with Crippen LogP contribution in [0.4, 0.5) is 0 Å². The first-order valence-electron chi connectivity index (χ1n) is 5.74. The maximum absolute atomic E-state index is 9.07. The summed E-state index contributed by atoms with van der Waals surface area (Å²) >= 11 is 7.76. The van der Waals surface area contributed by atoms with Gasteiger partial charge in [-0.1, -0.05) is 35.5 Å². The van der Waals surface area contributed by atoms with Gasteiger partial charge in [-0.25, -0.2) is 0 Å². The Labute approximate surface area is 117 Å². The van der Waals surface area contributed by atoms with E-state index in [9.17, 15) is 0 Å². The van der Waals surface area contributed by atoms with Gasteiger partial charge in [0.25, 0.3) is 0 Å². The average Bonchev–Trinajstić information content (AvgIpc) is 2.34. The van der Waals surface area contributed by atoms with E-state index >= 15 is 0 Å². The molecule has 94 valence electrons. The van der Waals surface area contributed by atoms with Crippen molar-refractivity contribution in [2.45, 2.75) is 30.2 Å². The van der Waals surface area contributed by atoms with E-state index in [0.29, 0.717) is 5.02 Å². The molecular formula is C15H15ClOS. The summed E-state index contributed by atoms with van der Waals surface area (Å²) in [4.78, 5) is 2.28. The van der Waals surface area contributed by atoms with Crippen molar-refractivity contribution in [3.63, 3.8) is 0 Å². The molecule has 0 spiro atoms. The summed E-state index contributed by atoms with van der Waals surface area (Å²) in [6, 6.07) is 12.2. The van der Waals surface area contributed by atoms with Crippen LogP contribution in [0.5, 0.6) is 0 Å². The molecule has 18 heavy (non-hydrogen) atoms. The Morgan fingerprint density at radius 1 is 1.00 bits per heavy atom. The van der Waals surface area contributed by atoms with Crippen LogP contribution >= 0.6 is 23.4 Å². The van der Waals surface area contributed by atoms with E-state index in [2.05, 4.69) is 32.0 Å². The zero-order chi connectivity index (χ0) is 13.1. The smallest absolute Gasteiger partial charge is 0.0696 e. The zero-order valence-electron chi connectivity index (χ0n) is 10.4. The summed E-state index contributed by atoms with van der Waals surface area (Å²) in [6.45, 7) is 4.20. The minimum atomic E-state index is -0.0204. The molecule has 0 fully saturated rings. The molecule has 0 atom stereocenters. The molecule has 0 aromatic heterocycles. The number of aliphatic hydroxyl groups is 1. The van der Waals surface area contributed by atoms with Crippen molar-refractivity contribution >= 4 is 23.4 Å². The summed E-state index contributed by atoms with van der Waals surface area (Å²) in [5, 5.41) is 9.69. The molecule has 0 saturated heterocycles. The third-order valence-corrected chi connectivity index (χ3v) is 4.24. The predicted octanol–water partition coefficient (Wildman–Crippen LogP) is 4.60. The average molecular weight is 279 g/mol. The van der Waals surface area contributed by atoms with E-state index in [1.807, 2.05) is 18.2 Å². The van der Waals surface area contributed by atoms with Crippen molar-refractivity contribution in [2.24, 2.45) is 0 Å². The number of aliphatic hydroxyl groups excluding tert-OH is 1. The monoisotopic (exact) mass is 278 g/mol. The van der Waals surface area contributed by atoms with Crippen LogP contribution in [0.2, 0.25) is 5.02 Å². The minimum Gasteiger partial charge on any atom is -0.392 e. The van der Waals surface area contributed by atoms with Crippen LogP contribution < -0.4 is 0 Å². The molecule has 0 aliphatic rings. The van der Waals surface area contributed by atoms with Gasteiger partial charge in [0.1, 0.15) is 0 Å². The summed E-state index contributed by atoms with van der Waals surface area (Å²) in [6.07, 6.45) is 0. The van der Waals surface area contributed by atoms with Crippen LogP contribution in [-0.4, -0.2) is 5.11 Å². The molecule has 3 heteroatoms. The molecule has 1 nitrogen and oxygen atoms in total. The van der Waals surface area contributed by atoms with Crippen molar-refractivity contribution in [3.8, 4) is 0 Å². The van der Waals surface area contributed by atoms with E-state index in [1.165, 1.54) is 16.0 Å². The second kappa shape index (κ2) is 5.79. The highest BCUT2D eigenvalue weighted by atomic mass is 35.5. The highest BCUT2D eigenvalue weighted by Crippen LogP contribution is 2.31. The summed E-state index contributed by atoms with van der Waals surface area (Å²) in [5.41, 5.74) is 3.35. The molecule has 0 bridgehead atoms. The molecule has 2 aromatic carbocycles. The number of aryl methyl sites for hydroxylation is 2. The molecule has 1 N–H and O–H groups in total. The normalized spacial score (nSPS) is 10.7. The lowest BCUT2D eigenvalue weighted by molar-refractivity contribution is 0.282. The standard InChI is InChI=1S/C15H15ClOS/c1-10-3-5-13(7-11(10)2)18-14-6-4-12(9-17)15(16)8-14/h3-8,17H,9H2,1-2H3. The summed E-state index contributed by atoms with van der Waals surface area (Å²) in [7, 11) is 0. The van der Waals surface area contributed by atoms with Crippen molar-refractivity contribution in [3.05, 3.63) is 58.1 Å². The quantitative estimate of drug-likeness (QED) is 0.885.